The molecule has 3 heterocycles. The van der Waals surface area contributed by atoms with E-state index in [-0.39, 0.29) is 36.8 Å². The smallest absolute Gasteiger partial charge is 0.228 e. The molecule has 2 N–H and O–H groups in total. The van der Waals surface area contributed by atoms with Crippen LogP contribution in [0.2, 0.25) is 0 Å². The van der Waals surface area contributed by atoms with Crippen LogP contribution in [0.3, 0.4) is 0 Å². The van der Waals surface area contributed by atoms with Crippen LogP contribution in [-0.2, 0) is 11.2 Å². The van der Waals surface area contributed by atoms with Crippen LogP contribution in [0.5, 0.6) is 0 Å². The number of rotatable bonds is 3. The van der Waals surface area contributed by atoms with Crippen molar-refractivity contribution in [2.75, 3.05) is 13.1 Å². The van der Waals surface area contributed by atoms with Crippen LogP contribution in [0.1, 0.15) is 25.5 Å². The summed E-state index contributed by atoms with van der Waals surface area (Å²) in [6.45, 7) is 3.69. The van der Waals surface area contributed by atoms with Crippen molar-refractivity contribution in [2.45, 2.75) is 32.2 Å². The molecule has 0 aliphatic carbocycles. The summed E-state index contributed by atoms with van der Waals surface area (Å²) < 4.78 is 1.95. The van der Waals surface area contributed by atoms with Crippen LogP contribution in [0.4, 0.5) is 0 Å². The molecule has 1 saturated heterocycles. The molecular formula is C16H24Cl2N4O. The molecule has 2 aromatic rings. The van der Waals surface area contributed by atoms with Gasteiger partial charge < -0.3 is 15.0 Å². The van der Waals surface area contributed by atoms with E-state index < -0.39 is 0 Å². The van der Waals surface area contributed by atoms with Crippen molar-refractivity contribution in [1.82, 2.24) is 14.3 Å². The van der Waals surface area contributed by atoms with Crippen molar-refractivity contribution < 1.29 is 4.79 Å². The minimum Gasteiger partial charge on any atom is -0.342 e. The lowest BCUT2D eigenvalue weighted by molar-refractivity contribution is -0.132. The number of imidazole rings is 1. The van der Waals surface area contributed by atoms with Gasteiger partial charge in [-0.05, 0) is 37.8 Å². The van der Waals surface area contributed by atoms with E-state index in [9.17, 15) is 4.79 Å². The van der Waals surface area contributed by atoms with E-state index in [1.54, 1.807) is 0 Å². The quantitative estimate of drug-likeness (QED) is 0.915. The predicted molar refractivity (Wildman–Crippen MR) is 96.3 cm³/mol. The molecule has 0 saturated carbocycles. The second-order valence-electron chi connectivity index (χ2n) is 5.95. The lowest BCUT2D eigenvalue weighted by atomic mass is 9.91. The van der Waals surface area contributed by atoms with Gasteiger partial charge in [-0.1, -0.05) is 6.07 Å². The zero-order valence-electron chi connectivity index (χ0n) is 13.2. The van der Waals surface area contributed by atoms with Crippen LogP contribution >= 0.6 is 24.8 Å². The van der Waals surface area contributed by atoms with Gasteiger partial charge in [-0.2, -0.15) is 0 Å². The molecule has 7 heteroatoms. The maximum atomic E-state index is 12.4. The maximum Gasteiger partial charge on any atom is 0.228 e. The fraction of sp³-hybridized carbons (Fsp3) is 0.500. The Morgan fingerprint density at radius 2 is 2.04 bits per heavy atom. The zero-order chi connectivity index (χ0) is 14.8. The summed E-state index contributed by atoms with van der Waals surface area (Å²) >= 11 is 0. The van der Waals surface area contributed by atoms with E-state index in [1.807, 2.05) is 39.9 Å². The highest BCUT2D eigenvalue weighted by molar-refractivity contribution is 5.85. The third-order valence-corrected chi connectivity index (χ3v) is 4.38. The molecule has 128 valence electrons. The summed E-state index contributed by atoms with van der Waals surface area (Å²) in [5.41, 5.74) is 7.66. The Bertz CT molecular complexity index is 603. The number of piperidine rings is 1. The predicted octanol–water partition coefficient (Wildman–Crippen LogP) is 2.31. The Balaban J connectivity index is 0.00000132. The molecule has 0 aromatic carbocycles. The molecular weight excluding hydrogens is 335 g/mol. The van der Waals surface area contributed by atoms with E-state index in [1.165, 1.54) is 0 Å². The number of nitrogens with zero attached hydrogens (tertiary/aromatic N) is 3. The third-order valence-electron chi connectivity index (χ3n) is 4.38. The number of halogens is 2. The fourth-order valence-corrected chi connectivity index (χ4v) is 3.01. The average molecular weight is 359 g/mol. The summed E-state index contributed by atoms with van der Waals surface area (Å²) in [5.74, 6) is 0.714. The largest absolute Gasteiger partial charge is 0.342 e. The zero-order valence-corrected chi connectivity index (χ0v) is 14.9. The van der Waals surface area contributed by atoms with E-state index >= 15 is 0 Å². The number of nitrogens with two attached hydrogens (primary N) is 1. The third kappa shape index (κ3) is 4.59. The van der Waals surface area contributed by atoms with Gasteiger partial charge in [0.2, 0.25) is 5.91 Å². The molecule has 0 radical (unpaired) electrons. The maximum absolute atomic E-state index is 12.4. The highest BCUT2D eigenvalue weighted by Gasteiger charge is 2.25. The second-order valence-corrected chi connectivity index (χ2v) is 5.95. The molecule has 1 aliphatic heterocycles. The van der Waals surface area contributed by atoms with E-state index in [4.69, 9.17) is 5.73 Å². The molecule has 5 nitrogen and oxygen atoms in total. The van der Waals surface area contributed by atoms with Gasteiger partial charge in [-0.15, -0.1) is 24.8 Å². The van der Waals surface area contributed by atoms with Crippen molar-refractivity contribution >= 4 is 36.4 Å². The molecule has 3 rings (SSSR count). The van der Waals surface area contributed by atoms with Gasteiger partial charge >= 0.3 is 0 Å². The molecule has 1 amide bonds. The van der Waals surface area contributed by atoms with Gasteiger partial charge in [0.25, 0.3) is 0 Å². The summed E-state index contributed by atoms with van der Waals surface area (Å²) in [4.78, 5) is 18.8. The lowest BCUT2D eigenvalue weighted by Crippen LogP contribution is -2.43. The van der Waals surface area contributed by atoms with Crippen molar-refractivity contribution in [1.29, 1.82) is 0 Å². The molecule has 1 fully saturated rings. The van der Waals surface area contributed by atoms with E-state index in [0.717, 1.165) is 37.3 Å². The monoisotopic (exact) mass is 358 g/mol. The summed E-state index contributed by atoms with van der Waals surface area (Å²) in [5, 5.41) is 0. The number of likely N-dealkylation sites (tertiary alicyclic amines) is 1. The number of aromatic nitrogens is 2. The number of hydrogen-bond donors (Lipinski definition) is 1. The van der Waals surface area contributed by atoms with Gasteiger partial charge in [0, 0.05) is 31.5 Å². The molecule has 0 bridgehead atoms. The molecule has 1 atom stereocenters. The Kier molecular flexibility index (Phi) is 7.32. The fourth-order valence-electron chi connectivity index (χ4n) is 3.01. The van der Waals surface area contributed by atoms with Crippen LogP contribution in [0.25, 0.3) is 5.65 Å². The highest BCUT2D eigenvalue weighted by Crippen LogP contribution is 2.20. The summed E-state index contributed by atoms with van der Waals surface area (Å²) in [6, 6.07) is 6.08. The first kappa shape index (κ1) is 19.7. The minimum absolute atomic E-state index is 0. The minimum atomic E-state index is 0. The molecule has 1 unspecified atom stereocenters. The Morgan fingerprint density at radius 3 is 2.65 bits per heavy atom. The molecule has 2 aromatic heterocycles. The first-order chi connectivity index (χ1) is 10.1. The molecule has 1 aliphatic rings. The number of carbonyl (C=O) groups is 1. The van der Waals surface area contributed by atoms with Gasteiger partial charge in [0.15, 0.2) is 0 Å². The first-order valence-corrected chi connectivity index (χ1v) is 7.59. The van der Waals surface area contributed by atoms with E-state index in [2.05, 4.69) is 11.9 Å². The van der Waals surface area contributed by atoms with Crippen LogP contribution < -0.4 is 5.73 Å². The van der Waals surface area contributed by atoms with Crippen molar-refractivity contribution in [3.8, 4) is 0 Å². The SMILES string of the molecule is CC(N)C1CCN(C(=O)Cc2cn3ccccc3n2)CC1.Cl.Cl. The number of pyridine rings is 1. The van der Waals surface area contributed by atoms with E-state index in [0.29, 0.717) is 12.3 Å². The van der Waals surface area contributed by atoms with Crippen LogP contribution in [0.15, 0.2) is 30.6 Å². The topological polar surface area (TPSA) is 63.6 Å². The Morgan fingerprint density at radius 1 is 1.35 bits per heavy atom. The molecule has 0 spiro atoms. The summed E-state index contributed by atoms with van der Waals surface area (Å²) in [7, 11) is 0. The normalized spacial score (nSPS) is 16.5. The number of amides is 1. The number of hydrogen-bond acceptors (Lipinski definition) is 3. The highest BCUT2D eigenvalue weighted by atomic mass is 35.5. The van der Waals surface area contributed by atoms with Crippen LogP contribution in [-0.4, -0.2) is 39.3 Å². The lowest BCUT2D eigenvalue weighted by Gasteiger charge is -2.33. The van der Waals surface area contributed by atoms with Gasteiger partial charge in [0.05, 0.1) is 12.1 Å². The Hall–Kier alpha value is -1.30. The number of carbonyl (C=O) groups excluding carboxylic acids is 1. The van der Waals surface area contributed by atoms with Crippen molar-refractivity contribution in [2.24, 2.45) is 11.7 Å². The van der Waals surface area contributed by atoms with Crippen molar-refractivity contribution in [3.63, 3.8) is 0 Å². The summed E-state index contributed by atoms with van der Waals surface area (Å²) in [6.07, 6.45) is 6.28. The first-order valence-electron chi connectivity index (χ1n) is 7.59. The number of fused-ring (bicyclic) bond motifs is 1. The average Bonchev–Trinajstić information content (AvgIpc) is 2.89. The Labute approximate surface area is 149 Å². The van der Waals surface area contributed by atoms with Gasteiger partial charge in [-0.3, -0.25) is 4.79 Å². The van der Waals surface area contributed by atoms with Crippen LogP contribution in [0, 0.1) is 5.92 Å². The standard InChI is InChI=1S/C16H22N4O.2ClH/c1-12(17)13-5-8-19(9-6-13)16(21)10-14-11-20-7-3-2-4-15(20)18-14;;/h2-4,7,11-13H,5-6,8-10,17H2,1H3;2*1H. The molecule has 23 heavy (non-hydrogen) atoms. The van der Waals surface area contributed by atoms with Gasteiger partial charge in [-0.25, -0.2) is 4.98 Å². The van der Waals surface area contributed by atoms with Crippen molar-refractivity contribution in [3.05, 3.63) is 36.3 Å². The second kappa shape index (κ2) is 8.52. The van der Waals surface area contributed by atoms with Gasteiger partial charge in [0.1, 0.15) is 5.65 Å².